The smallest absolute Gasteiger partial charge is 0.237 e. The molecule has 2 fully saturated rings. The number of hydrogen-bond donors (Lipinski definition) is 3. The van der Waals surface area contributed by atoms with Crippen molar-refractivity contribution in [2.45, 2.75) is 64.1 Å². The average molecular weight is 329 g/mol. The number of fused-ring (bicyclic) bond motifs is 1. The summed E-state index contributed by atoms with van der Waals surface area (Å²) in [6, 6.07) is 7.99. The summed E-state index contributed by atoms with van der Waals surface area (Å²) in [6.45, 7) is 3.47. The molecule has 4 atom stereocenters. The maximum absolute atomic E-state index is 12.6. The summed E-state index contributed by atoms with van der Waals surface area (Å²) in [5, 5.41) is 9.41. The van der Waals surface area contributed by atoms with E-state index in [2.05, 4.69) is 16.0 Å². The van der Waals surface area contributed by atoms with Crippen LogP contribution in [-0.4, -0.2) is 23.9 Å². The highest BCUT2D eigenvalue weighted by molar-refractivity contribution is 5.88. The van der Waals surface area contributed by atoms with E-state index in [1.807, 2.05) is 31.2 Å². The first-order chi connectivity index (χ1) is 11.5. The van der Waals surface area contributed by atoms with Crippen LogP contribution in [0.1, 0.15) is 57.6 Å². The minimum atomic E-state index is -0.0957. The van der Waals surface area contributed by atoms with Crippen molar-refractivity contribution in [1.29, 1.82) is 0 Å². The van der Waals surface area contributed by atoms with Crippen LogP contribution in [0, 0.1) is 5.92 Å². The number of benzene rings is 1. The van der Waals surface area contributed by atoms with E-state index in [4.69, 9.17) is 0 Å². The Bertz CT molecular complexity index is 602. The first kappa shape index (κ1) is 17.0. The first-order valence-corrected chi connectivity index (χ1v) is 8.97. The van der Waals surface area contributed by atoms with Gasteiger partial charge >= 0.3 is 0 Å². The number of carbonyl (C=O) groups excluding carboxylic acids is 2. The highest BCUT2D eigenvalue weighted by Gasteiger charge is 2.38. The second-order valence-corrected chi connectivity index (χ2v) is 7.14. The lowest BCUT2D eigenvalue weighted by Crippen LogP contribution is -2.43. The minimum Gasteiger partial charge on any atom is -0.348 e. The molecule has 0 aromatic heterocycles. The fourth-order valence-electron chi connectivity index (χ4n) is 4.01. The molecule has 4 unspecified atom stereocenters. The van der Waals surface area contributed by atoms with Crippen molar-refractivity contribution in [2.24, 2.45) is 5.92 Å². The van der Waals surface area contributed by atoms with Crippen molar-refractivity contribution in [1.82, 2.24) is 10.6 Å². The average Bonchev–Trinajstić information content (AvgIpc) is 2.98. The molecule has 1 heterocycles. The Labute approximate surface area is 143 Å². The van der Waals surface area contributed by atoms with Crippen LogP contribution in [0.15, 0.2) is 24.3 Å². The Hall–Kier alpha value is -1.88. The Morgan fingerprint density at radius 2 is 2.04 bits per heavy atom. The fourth-order valence-corrected chi connectivity index (χ4v) is 4.01. The number of amides is 2. The molecule has 1 aromatic carbocycles. The van der Waals surface area contributed by atoms with E-state index in [-0.39, 0.29) is 23.9 Å². The molecular formula is C19H27N3O2. The predicted octanol–water partition coefficient (Wildman–Crippen LogP) is 2.74. The van der Waals surface area contributed by atoms with Gasteiger partial charge in [0.15, 0.2) is 0 Å². The second kappa shape index (κ2) is 7.34. The van der Waals surface area contributed by atoms with Crippen molar-refractivity contribution in [3.05, 3.63) is 29.8 Å². The monoisotopic (exact) mass is 329 g/mol. The molecule has 1 aromatic rings. The van der Waals surface area contributed by atoms with Crippen LogP contribution in [-0.2, 0) is 9.59 Å². The van der Waals surface area contributed by atoms with Crippen LogP contribution in [0.4, 0.5) is 5.69 Å². The molecule has 3 rings (SSSR count). The lowest BCUT2D eigenvalue weighted by Gasteiger charge is -2.24. The van der Waals surface area contributed by atoms with Crippen LogP contribution in [0.3, 0.4) is 0 Å². The molecule has 1 aliphatic carbocycles. The second-order valence-electron chi connectivity index (χ2n) is 7.14. The van der Waals surface area contributed by atoms with Gasteiger partial charge in [-0.05, 0) is 49.8 Å². The summed E-state index contributed by atoms with van der Waals surface area (Å²) in [4.78, 5) is 23.8. The summed E-state index contributed by atoms with van der Waals surface area (Å²) in [5.74, 6) is 0.649. The molecule has 2 amide bonds. The van der Waals surface area contributed by atoms with Gasteiger partial charge in [-0.25, -0.2) is 0 Å². The largest absolute Gasteiger partial charge is 0.348 e. The molecule has 0 bridgehead atoms. The van der Waals surface area contributed by atoms with Gasteiger partial charge in [0.25, 0.3) is 0 Å². The lowest BCUT2D eigenvalue weighted by atomic mass is 9.85. The van der Waals surface area contributed by atoms with E-state index in [1.54, 1.807) is 0 Å². The van der Waals surface area contributed by atoms with Crippen molar-refractivity contribution in [3.8, 4) is 0 Å². The van der Waals surface area contributed by atoms with Gasteiger partial charge < -0.3 is 16.0 Å². The number of hydrogen-bond acceptors (Lipinski definition) is 3. The van der Waals surface area contributed by atoms with Gasteiger partial charge in [-0.3, -0.25) is 9.59 Å². The molecule has 1 saturated carbocycles. The van der Waals surface area contributed by atoms with E-state index < -0.39 is 0 Å². The highest BCUT2D eigenvalue weighted by atomic mass is 16.2. The summed E-state index contributed by atoms with van der Waals surface area (Å²) in [6.07, 6.45) is 5.96. The SMILES string of the molecule is CC(=O)Nc1cccc(C(C)NC(=O)C2CC3CCCCC3N2)c1. The third kappa shape index (κ3) is 3.96. The number of rotatable bonds is 4. The number of anilines is 1. The van der Waals surface area contributed by atoms with Crippen LogP contribution in [0.25, 0.3) is 0 Å². The standard InChI is InChI=1S/C19H27N3O2/c1-12(14-7-5-8-16(10-14)21-13(2)23)20-19(24)18-11-15-6-3-4-9-17(15)22-18/h5,7-8,10,12,15,17-18,22H,3-4,6,9,11H2,1-2H3,(H,20,24)(H,21,23). The topological polar surface area (TPSA) is 70.2 Å². The highest BCUT2D eigenvalue weighted by Crippen LogP contribution is 2.33. The van der Waals surface area contributed by atoms with Gasteiger partial charge in [-0.15, -0.1) is 0 Å². The minimum absolute atomic E-state index is 0.0703. The molecule has 2 aliphatic rings. The molecule has 3 N–H and O–H groups in total. The summed E-state index contributed by atoms with van der Waals surface area (Å²) >= 11 is 0. The van der Waals surface area contributed by atoms with Crippen molar-refractivity contribution >= 4 is 17.5 Å². The maximum Gasteiger partial charge on any atom is 0.237 e. The van der Waals surface area contributed by atoms with Crippen LogP contribution in [0.5, 0.6) is 0 Å². The first-order valence-electron chi connectivity index (χ1n) is 8.97. The fraction of sp³-hybridized carbons (Fsp3) is 0.579. The number of carbonyl (C=O) groups is 2. The molecule has 130 valence electrons. The zero-order chi connectivity index (χ0) is 17.1. The van der Waals surface area contributed by atoms with Crippen LogP contribution in [0.2, 0.25) is 0 Å². The van der Waals surface area contributed by atoms with Gasteiger partial charge in [0.05, 0.1) is 12.1 Å². The van der Waals surface area contributed by atoms with Gasteiger partial charge in [-0.2, -0.15) is 0 Å². The molecular weight excluding hydrogens is 302 g/mol. The Morgan fingerprint density at radius 1 is 1.25 bits per heavy atom. The van der Waals surface area contributed by atoms with Gasteiger partial charge in [0, 0.05) is 18.7 Å². The Kier molecular flexibility index (Phi) is 5.19. The third-order valence-electron chi connectivity index (χ3n) is 5.25. The van der Waals surface area contributed by atoms with Crippen molar-refractivity contribution < 1.29 is 9.59 Å². The quantitative estimate of drug-likeness (QED) is 0.795. The number of nitrogens with one attached hydrogen (secondary N) is 3. The normalized spacial score (nSPS) is 27.2. The summed E-state index contributed by atoms with van der Waals surface area (Å²) in [5.41, 5.74) is 1.75. The summed E-state index contributed by atoms with van der Waals surface area (Å²) in [7, 11) is 0. The maximum atomic E-state index is 12.6. The van der Waals surface area contributed by atoms with E-state index in [1.165, 1.54) is 32.6 Å². The molecule has 1 saturated heterocycles. The predicted molar refractivity (Wildman–Crippen MR) is 94.6 cm³/mol. The zero-order valence-corrected chi connectivity index (χ0v) is 14.5. The van der Waals surface area contributed by atoms with Gasteiger partial charge in [-0.1, -0.05) is 25.0 Å². The lowest BCUT2D eigenvalue weighted by molar-refractivity contribution is -0.123. The molecule has 1 aliphatic heterocycles. The van der Waals surface area contributed by atoms with Crippen molar-refractivity contribution in [2.75, 3.05) is 5.32 Å². The van der Waals surface area contributed by atoms with E-state index in [9.17, 15) is 9.59 Å². The van der Waals surface area contributed by atoms with Crippen molar-refractivity contribution in [3.63, 3.8) is 0 Å². The van der Waals surface area contributed by atoms with Crippen LogP contribution >= 0.6 is 0 Å². The Morgan fingerprint density at radius 3 is 2.79 bits per heavy atom. The van der Waals surface area contributed by atoms with E-state index in [0.29, 0.717) is 12.0 Å². The van der Waals surface area contributed by atoms with Gasteiger partial charge in [0.2, 0.25) is 11.8 Å². The molecule has 0 radical (unpaired) electrons. The molecule has 24 heavy (non-hydrogen) atoms. The Balaban J connectivity index is 1.59. The van der Waals surface area contributed by atoms with E-state index in [0.717, 1.165) is 17.7 Å². The van der Waals surface area contributed by atoms with Crippen LogP contribution < -0.4 is 16.0 Å². The van der Waals surface area contributed by atoms with Gasteiger partial charge in [0.1, 0.15) is 0 Å². The molecule has 0 spiro atoms. The molecule has 5 nitrogen and oxygen atoms in total. The zero-order valence-electron chi connectivity index (χ0n) is 14.5. The third-order valence-corrected chi connectivity index (χ3v) is 5.25. The van der Waals surface area contributed by atoms with E-state index >= 15 is 0 Å². The summed E-state index contributed by atoms with van der Waals surface area (Å²) < 4.78 is 0. The molecule has 5 heteroatoms.